The van der Waals surface area contributed by atoms with Crippen LogP contribution >= 0.6 is 0 Å². The van der Waals surface area contributed by atoms with Crippen LogP contribution < -0.4 is 0 Å². The third kappa shape index (κ3) is 49.8. The average molecular weight is 906 g/mol. The quantitative estimate of drug-likeness (QED) is 0.0344. The summed E-state index contributed by atoms with van der Waals surface area (Å²) in [5, 5.41) is 0. The van der Waals surface area contributed by atoms with Crippen molar-refractivity contribution in [1.29, 1.82) is 0 Å². The molecule has 0 radical (unpaired) electrons. The van der Waals surface area contributed by atoms with Gasteiger partial charge in [-0.1, -0.05) is 285 Å². The molecule has 0 aliphatic carbocycles. The van der Waals surface area contributed by atoms with E-state index in [0.29, 0.717) is 19.3 Å². The van der Waals surface area contributed by atoms with Crippen molar-refractivity contribution in [3.8, 4) is 0 Å². The molecular formula is C58H112O6. The van der Waals surface area contributed by atoms with Gasteiger partial charge >= 0.3 is 17.9 Å². The van der Waals surface area contributed by atoms with Crippen molar-refractivity contribution in [2.24, 2.45) is 11.8 Å². The molecule has 0 aromatic rings. The minimum atomic E-state index is -0.763. The number of carbonyl (C=O) groups is 3. The maximum atomic E-state index is 12.8. The first-order valence-electron chi connectivity index (χ1n) is 28.8. The van der Waals surface area contributed by atoms with Gasteiger partial charge in [0, 0.05) is 19.3 Å². The molecule has 380 valence electrons. The second kappa shape index (κ2) is 50.8. The highest BCUT2D eigenvalue weighted by molar-refractivity contribution is 5.71. The molecule has 0 bridgehead atoms. The van der Waals surface area contributed by atoms with Crippen LogP contribution in [0.1, 0.15) is 324 Å². The lowest BCUT2D eigenvalue weighted by Crippen LogP contribution is -2.30. The maximum Gasteiger partial charge on any atom is 0.306 e. The fourth-order valence-corrected chi connectivity index (χ4v) is 8.84. The SMILES string of the molecule is CCCCCCCCCCCCCCCCCCCCCC(=O)OC[C@@H](COC(=O)CCCCCCCCCCCCC(C)C)OC(=O)CCCCCCCCCCCCC(C)CC. The maximum absolute atomic E-state index is 12.8. The predicted molar refractivity (Wildman–Crippen MR) is 275 cm³/mol. The number of rotatable bonds is 52. The molecule has 0 aliphatic heterocycles. The summed E-state index contributed by atoms with van der Waals surface area (Å²) in [5.74, 6) is 0.843. The number of ether oxygens (including phenoxy) is 3. The monoisotopic (exact) mass is 905 g/mol. The third-order valence-corrected chi connectivity index (χ3v) is 13.6. The van der Waals surface area contributed by atoms with Crippen LogP contribution in [0.4, 0.5) is 0 Å². The van der Waals surface area contributed by atoms with Crippen LogP contribution in [0.15, 0.2) is 0 Å². The van der Waals surface area contributed by atoms with E-state index in [9.17, 15) is 14.4 Å². The molecule has 0 aromatic carbocycles. The molecule has 6 nitrogen and oxygen atoms in total. The van der Waals surface area contributed by atoms with Gasteiger partial charge in [-0.05, 0) is 31.1 Å². The Kier molecular flexibility index (Phi) is 49.6. The summed E-state index contributed by atoms with van der Waals surface area (Å²) in [6.07, 6.45) is 53.8. The van der Waals surface area contributed by atoms with Crippen molar-refractivity contribution < 1.29 is 28.6 Å². The Morgan fingerprint density at radius 2 is 0.594 bits per heavy atom. The van der Waals surface area contributed by atoms with E-state index in [1.165, 1.54) is 212 Å². The first-order valence-corrected chi connectivity index (χ1v) is 28.8. The van der Waals surface area contributed by atoms with Gasteiger partial charge in [-0.15, -0.1) is 0 Å². The van der Waals surface area contributed by atoms with Gasteiger partial charge in [0.05, 0.1) is 0 Å². The van der Waals surface area contributed by atoms with E-state index in [4.69, 9.17) is 14.2 Å². The van der Waals surface area contributed by atoms with Crippen LogP contribution in [0.2, 0.25) is 0 Å². The Balaban J connectivity index is 4.28. The Labute approximate surface area is 399 Å². The molecule has 0 aliphatic rings. The van der Waals surface area contributed by atoms with Gasteiger partial charge < -0.3 is 14.2 Å². The fraction of sp³-hybridized carbons (Fsp3) is 0.948. The first-order chi connectivity index (χ1) is 31.3. The normalized spacial score (nSPS) is 12.5. The van der Waals surface area contributed by atoms with Crippen LogP contribution in [-0.4, -0.2) is 37.2 Å². The number of unbranched alkanes of at least 4 members (excludes halogenated alkanes) is 36. The van der Waals surface area contributed by atoms with E-state index in [1.807, 2.05) is 0 Å². The molecule has 0 heterocycles. The van der Waals surface area contributed by atoms with E-state index in [1.54, 1.807) is 0 Å². The first kappa shape index (κ1) is 62.4. The van der Waals surface area contributed by atoms with Crippen molar-refractivity contribution in [3.63, 3.8) is 0 Å². The fourth-order valence-electron chi connectivity index (χ4n) is 8.84. The Hall–Kier alpha value is -1.59. The second-order valence-electron chi connectivity index (χ2n) is 20.6. The minimum absolute atomic E-state index is 0.0632. The standard InChI is InChI=1S/C58H112O6/c1-6-8-9-10-11-12-13-14-15-16-17-18-19-20-21-28-33-38-43-48-56(59)62-51-55(52-63-57(60)49-44-39-34-29-24-22-26-31-36-41-46-53(3)4)64-58(61)50-45-40-35-30-25-23-27-32-37-42-47-54(5)7-2/h53-55H,6-52H2,1-5H3/t54?,55-/m0/s1. The zero-order valence-corrected chi connectivity index (χ0v) is 43.9. The molecule has 2 atom stereocenters. The highest BCUT2D eigenvalue weighted by Crippen LogP contribution is 2.18. The number of esters is 3. The van der Waals surface area contributed by atoms with Crippen LogP contribution in [0.25, 0.3) is 0 Å². The van der Waals surface area contributed by atoms with Gasteiger partial charge in [0.1, 0.15) is 13.2 Å². The van der Waals surface area contributed by atoms with Gasteiger partial charge in [-0.2, -0.15) is 0 Å². The van der Waals surface area contributed by atoms with E-state index >= 15 is 0 Å². The average Bonchev–Trinajstić information content (AvgIpc) is 3.28. The molecule has 0 spiro atoms. The molecule has 64 heavy (non-hydrogen) atoms. The summed E-state index contributed by atoms with van der Waals surface area (Å²) in [6, 6.07) is 0. The van der Waals surface area contributed by atoms with Gasteiger partial charge in [0.15, 0.2) is 6.10 Å². The van der Waals surface area contributed by atoms with Crippen molar-refractivity contribution in [1.82, 2.24) is 0 Å². The topological polar surface area (TPSA) is 78.9 Å². The molecule has 0 N–H and O–H groups in total. The smallest absolute Gasteiger partial charge is 0.306 e. The Morgan fingerprint density at radius 3 is 0.891 bits per heavy atom. The molecule has 6 heteroatoms. The molecule has 0 saturated carbocycles. The second-order valence-corrected chi connectivity index (χ2v) is 20.6. The summed E-state index contributed by atoms with van der Waals surface area (Å²) < 4.78 is 16.9. The predicted octanol–water partition coefficient (Wildman–Crippen LogP) is 18.9. The van der Waals surface area contributed by atoms with E-state index < -0.39 is 6.10 Å². The number of hydrogen-bond acceptors (Lipinski definition) is 6. The number of hydrogen-bond donors (Lipinski definition) is 0. The molecule has 0 aromatic heterocycles. The van der Waals surface area contributed by atoms with Crippen molar-refractivity contribution >= 4 is 17.9 Å². The summed E-state index contributed by atoms with van der Waals surface area (Å²) in [7, 11) is 0. The molecule has 0 fully saturated rings. The Morgan fingerprint density at radius 1 is 0.328 bits per heavy atom. The van der Waals surface area contributed by atoms with E-state index in [2.05, 4.69) is 34.6 Å². The van der Waals surface area contributed by atoms with Gasteiger partial charge in [0.2, 0.25) is 0 Å². The van der Waals surface area contributed by atoms with Crippen LogP contribution in [0.3, 0.4) is 0 Å². The van der Waals surface area contributed by atoms with Gasteiger partial charge in [-0.25, -0.2) is 0 Å². The lowest BCUT2D eigenvalue weighted by molar-refractivity contribution is -0.167. The molecular weight excluding hydrogens is 793 g/mol. The zero-order chi connectivity index (χ0) is 46.8. The highest BCUT2D eigenvalue weighted by atomic mass is 16.6. The Bertz CT molecular complexity index is 980. The van der Waals surface area contributed by atoms with E-state index in [0.717, 1.165) is 69.6 Å². The summed E-state index contributed by atoms with van der Waals surface area (Å²) in [5.41, 5.74) is 0. The van der Waals surface area contributed by atoms with Crippen molar-refractivity contribution in [2.75, 3.05) is 13.2 Å². The third-order valence-electron chi connectivity index (χ3n) is 13.6. The zero-order valence-electron chi connectivity index (χ0n) is 43.9. The molecule has 1 unspecified atom stereocenters. The summed E-state index contributed by atoms with van der Waals surface area (Å²) in [6.45, 7) is 11.4. The lowest BCUT2D eigenvalue weighted by Gasteiger charge is -2.18. The molecule has 0 amide bonds. The van der Waals surface area contributed by atoms with E-state index in [-0.39, 0.29) is 31.1 Å². The van der Waals surface area contributed by atoms with Crippen molar-refractivity contribution in [2.45, 2.75) is 330 Å². The lowest BCUT2D eigenvalue weighted by atomic mass is 9.99. The van der Waals surface area contributed by atoms with Gasteiger partial charge in [0.25, 0.3) is 0 Å². The van der Waals surface area contributed by atoms with Gasteiger partial charge in [-0.3, -0.25) is 14.4 Å². The molecule has 0 saturated heterocycles. The van der Waals surface area contributed by atoms with Crippen LogP contribution in [-0.2, 0) is 28.6 Å². The number of carbonyl (C=O) groups excluding carboxylic acids is 3. The molecule has 0 rings (SSSR count). The van der Waals surface area contributed by atoms with Crippen molar-refractivity contribution in [3.05, 3.63) is 0 Å². The van der Waals surface area contributed by atoms with Crippen LogP contribution in [0, 0.1) is 11.8 Å². The minimum Gasteiger partial charge on any atom is -0.462 e. The largest absolute Gasteiger partial charge is 0.462 e. The highest BCUT2D eigenvalue weighted by Gasteiger charge is 2.19. The summed E-state index contributed by atoms with van der Waals surface area (Å²) >= 11 is 0. The van der Waals surface area contributed by atoms with Crippen LogP contribution in [0.5, 0.6) is 0 Å². The summed E-state index contributed by atoms with van der Waals surface area (Å²) in [4.78, 5) is 38.1.